The summed E-state index contributed by atoms with van der Waals surface area (Å²) in [6.45, 7) is 0. The number of nitrogens with one attached hydrogen (secondary N) is 1. The third-order valence-electron chi connectivity index (χ3n) is 5.16. The minimum Gasteiger partial charge on any atom is -0.340 e. The molecule has 0 aliphatic heterocycles. The zero-order valence-corrected chi connectivity index (χ0v) is 16.0. The van der Waals surface area contributed by atoms with Gasteiger partial charge in [0.25, 0.3) is 0 Å². The first kappa shape index (κ1) is 17.9. The Hall–Kier alpha value is -2.47. The summed E-state index contributed by atoms with van der Waals surface area (Å²) < 4.78 is 25.5. The van der Waals surface area contributed by atoms with Crippen molar-refractivity contribution in [2.45, 2.75) is 43.1 Å². The van der Waals surface area contributed by atoms with E-state index in [0.29, 0.717) is 5.82 Å². The second-order valence-corrected chi connectivity index (χ2v) is 9.41. The highest BCUT2D eigenvalue weighted by molar-refractivity contribution is 7.91. The Bertz CT molecular complexity index is 1040. The van der Waals surface area contributed by atoms with Gasteiger partial charge in [-0.3, -0.25) is 0 Å². The summed E-state index contributed by atoms with van der Waals surface area (Å²) in [5.41, 5.74) is 2.50. The lowest BCUT2D eigenvalue weighted by Crippen LogP contribution is -2.25. The quantitative estimate of drug-likeness (QED) is 0.698. The van der Waals surface area contributed by atoms with Gasteiger partial charge in [-0.25, -0.2) is 18.4 Å². The van der Waals surface area contributed by atoms with E-state index in [1.807, 2.05) is 48.5 Å². The molecule has 0 radical (unpaired) electrons. The van der Waals surface area contributed by atoms with E-state index in [1.165, 1.54) is 6.33 Å². The molecule has 6 heteroatoms. The molecule has 0 bridgehead atoms. The minimum atomic E-state index is -3.11. The highest BCUT2D eigenvalue weighted by Gasteiger charge is 2.27. The molecule has 1 N–H and O–H groups in total. The van der Waals surface area contributed by atoms with Gasteiger partial charge in [0.1, 0.15) is 12.1 Å². The van der Waals surface area contributed by atoms with E-state index in [9.17, 15) is 8.42 Å². The summed E-state index contributed by atoms with van der Waals surface area (Å²) in [4.78, 5) is 8.61. The number of benzene rings is 2. The predicted molar refractivity (Wildman–Crippen MR) is 109 cm³/mol. The van der Waals surface area contributed by atoms with E-state index >= 15 is 0 Å². The number of aromatic nitrogens is 2. The standard InChI is InChI=1S/C21H23N3O2S/c25-27(26,18-9-2-1-3-10-18)14-16-7-6-8-17(13-16)24-21-19-11-4-5-12-20(19)22-15-23-21/h4-8,11-13,15,18H,1-3,9-10,14H2,(H,22,23,24). The van der Waals surface area contributed by atoms with Crippen LogP contribution in [-0.2, 0) is 15.6 Å². The summed E-state index contributed by atoms with van der Waals surface area (Å²) in [6.07, 6.45) is 6.32. The lowest BCUT2D eigenvalue weighted by molar-refractivity contribution is 0.483. The lowest BCUT2D eigenvalue weighted by Gasteiger charge is -2.21. The molecule has 3 aromatic rings. The molecule has 4 rings (SSSR count). The van der Waals surface area contributed by atoms with E-state index in [2.05, 4.69) is 15.3 Å². The monoisotopic (exact) mass is 381 g/mol. The van der Waals surface area contributed by atoms with Crippen LogP contribution in [-0.4, -0.2) is 23.6 Å². The van der Waals surface area contributed by atoms with E-state index in [0.717, 1.165) is 54.3 Å². The normalized spacial score (nSPS) is 15.7. The summed E-state index contributed by atoms with van der Waals surface area (Å²) in [5.74, 6) is 0.811. The van der Waals surface area contributed by atoms with Crippen molar-refractivity contribution < 1.29 is 8.42 Å². The minimum absolute atomic E-state index is 0.0949. The van der Waals surface area contributed by atoms with E-state index < -0.39 is 9.84 Å². The van der Waals surface area contributed by atoms with Crippen molar-refractivity contribution in [3.05, 3.63) is 60.4 Å². The van der Waals surface area contributed by atoms with Crippen molar-refractivity contribution in [1.82, 2.24) is 9.97 Å². The molecule has 27 heavy (non-hydrogen) atoms. The molecule has 1 heterocycles. The fourth-order valence-corrected chi connectivity index (χ4v) is 5.69. The van der Waals surface area contributed by atoms with Crippen LogP contribution in [0.25, 0.3) is 10.9 Å². The van der Waals surface area contributed by atoms with Crippen molar-refractivity contribution in [1.29, 1.82) is 0 Å². The molecule has 1 fully saturated rings. The van der Waals surface area contributed by atoms with Crippen LogP contribution in [0.2, 0.25) is 0 Å². The molecule has 0 unspecified atom stereocenters. The fourth-order valence-electron chi connectivity index (χ4n) is 3.75. The molecule has 140 valence electrons. The van der Waals surface area contributed by atoms with Crippen molar-refractivity contribution in [2.75, 3.05) is 5.32 Å². The first-order chi connectivity index (χ1) is 13.1. The summed E-state index contributed by atoms with van der Waals surface area (Å²) >= 11 is 0. The smallest absolute Gasteiger partial charge is 0.157 e. The Balaban J connectivity index is 1.55. The van der Waals surface area contributed by atoms with Crippen LogP contribution in [0.15, 0.2) is 54.9 Å². The molecule has 0 saturated heterocycles. The Kier molecular flexibility index (Phi) is 5.07. The third kappa shape index (κ3) is 4.11. The molecule has 2 aromatic carbocycles. The van der Waals surface area contributed by atoms with Crippen LogP contribution in [0.4, 0.5) is 11.5 Å². The van der Waals surface area contributed by atoms with Crippen LogP contribution >= 0.6 is 0 Å². The molecule has 0 spiro atoms. The number of hydrogen-bond donors (Lipinski definition) is 1. The Morgan fingerprint density at radius 1 is 0.963 bits per heavy atom. The zero-order valence-electron chi connectivity index (χ0n) is 15.1. The molecule has 1 aliphatic carbocycles. The summed E-state index contributed by atoms with van der Waals surface area (Å²) in [7, 11) is -3.11. The summed E-state index contributed by atoms with van der Waals surface area (Å²) in [5, 5.41) is 4.05. The second kappa shape index (κ2) is 7.64. The Morgan fingerprint density at radius 3 is 2.63 bits per heavy atom. The SMILES string of the molecule is O=S(=O)(Cc1cccc(Nc2ncnc3ccccc23)c1)C1CCCCC1. The topological polar surface area (TPSA) is 72.0 Å². The van der Waals surface area contributed by atoms with Gasteiger partial charge in [-0.05, 0) is 42.7 Å². The van der Waals surface area contributed by atoms with Gasteiger partial charge in [-0.2, -0.15) is 0 Å². The molecule has 1 aliphatic rings. The van der Waals surface area contributed by atoms with Gasteiger partial charge in [0.2, 0.25) is 0 Å². The van der Waals surface area contributed by atoms with Crippen LogP contribution in [0.1, 0.15) is 37.7 Å². The third-order valence-corrected chi connectivity index (χ3v) is 7.38. The first-order valence-corrected chi connectivity index (χ1v) is 11.1. The number of sulfone groups is 1. The summed E-state index contributed by atoms with van der Waals surface area (Å²) in [6, 6.07) is 15.4. The molecule has 5 nitrogen and oxygen atoms in total. The molecular formula is C21H23N3O2S. The van der Waals surface area contributed by atoms with Crippen molar-refractivity contribution in [3.8, 4) is 0 Å². The van der Waals surface area contributed by atoms with Crippen molar-refractivity contribution in [2.24, 2.45) is 0 Å². The Labute approximate surface area is 159 Å². The maximum Gasteiger partial charge on any atom is 0.157 e. The highest BCUT2D eigenvalue weighted by Crippen LogP contribution is 2.28. The first-order valence-electron chi connectivity index (χ1n) is 9.39. The van der Waals surface area contributed by atoms with Gasteiger partial charge in [0.05, 0.1) is 16.5 Å². The maximum absolute atomic E-state index is 12.8. The van der Waals surface area contributed by atoms with Crippen LogP contribution in [0.5, 0.6) is 0 Å². The van der Waals surface area contributed by atoms with Crippen molar-refractivity contribution >= 4 is 32.2 Å². The van der Waals surface area contributed by atoms with E-state index in [4.69, 9.17) is 0 Å². The van der Waals surface area contributed by atoms with Gasteiger partial charge in [-0.1, -0.05) is 43.5 Å². The molecule has 0 amide bonds. The molecular weight excluding hydrogens is 358 g/mol. The number of nitrogens with zero attached hydrogens (tertiary/aromatic N) is 2. The number of rotatable bonds is 5. The van der Waals surface area contributed by atoms with Crippen LogP contribution in [0, 0.1) is 0 Å². The number of fused-ring (bicyclic) bond motifs is 1. The maximum atomic E-state index is 12.8. The van der Waals surface area contributed by atoms with Gasteiger partial charge in [-0.15, -0.1) is 0 Å². The van der Waals surface area contributed by atoms with E-state index in [-0.39, 0.29) is 11.0 Å². The van der Waals surface area contributed by atoms with Gasteiger partial charge < -0.3 is 5.32 Å². The lowest BCUT2D eigenvalue weighted by atomic mass is 10.0. The Morgan fingerprint density at radius 2 is 1.78 bits per heavy atom. The van der Waals surface area contributed by atoms with E-state index in [1.54, 1.807) is 0 Å². The fraction of sp³-hybridized carbons (Fsp3) is 0.333. The molecule has 0 atom stereocenters. The average molecular weight is 382 g/mol. The van der Waals surface area contributed by atoms with Gasteiger partial charge in [0.15, 0.2) is 9.84 Å². The predicted octanol–water partition coefficient (Wildman–Crippen LogP) is 4.62. The van der Waals surface area contributed by atoms with Crippen LogP contribution < -0.4 is 5.32 Å². The number of hydrogen-bond acceptors (Lipinski definition) is 5. The average Bonchev–Trinajstić information content (AvgIpc) is 2.69. The zero-order chi connectivity index (χ0) is 18.7. The second-order valence-electron chi connectivity index (χ2n) is 7.13. The van der Waals surface area contributed by atoms with Gasteiger partial charge >= 0.3 is 0 Å². The highest BCUT2D eigenvalue weighted by atomic mass is 32.2. The van der Waals surface area contributed by atoms with Crippen molar-refractivity contribution in [3.63, 3.8) is 0 Å². The van der Waals surface area contributed by atoms with Crippen LogP contribution in [0.3, 0.4) is 0 Å². The molecule has 1 saturated carbocycles. The number of para-hydroxylation sites is 1. The van der Waals surface area contributed by atoms with Gasteiger partial charge in [0, 0.05) is 11.1 Å². The number of anilines is 2. The largest absolute Gasteiger partial charge is 0.340 e. The molecule has 1 aromatic heterocycles.